The molecule has 10 heteroatoms. The van der Waals surface area contributed by atoms with Gasteiger partial charge >= 0.3 is 12.5 Å². The lowest BCUT2D eigenvalue weighted by atomic mass is 9.77. The molecule has 0 heterocycles. The number of hydrogen-bond acceptors (Lipinski definition) is 2. The predicted octanol–water partition coefficient (Wildman–Crippen LogP) is 9.87. The molecule has 3 aromatic rings. The largest absolute Gasteiger partial charge is 0.573 e. The van der Waals surface area contributed by atoms with Crippen LogP contribution in [0.4, 0.5) is 35.1 Å². The summed E-state index contributed by atoms with van der Waals surface area (Å²) in [6.07, 6.45) is -2.89. The van der Waals surface area contributed by atoms with Gasteiger partial charge in [0.1, 0.15) is 11.3 Å². The van der Waals surface area contributed by atoms with Crippen molar-refractivity contribution in [1.82, 2.24) is 0 Å². The van der Waals surface area contributed by atoms with Gasteiger partial charge in [-0.05, 0) is 66.8 Å². The van der Waals surface area contributed by atoms with Gasteiger partial charge in [-0.3, -0.25) is 0 Å². The first-order valence-corrected chi connectivity index (χ1v) is 12.6. The maximum atomic E-state index is 14.9. The van der Waals surface area contributed by atoms with Gasteiger partial charge in [-0.15, -0.1) is 13.2 Å². The first-order chi connectivity index (χ1) is 18.4. The first kappa shape index (κ1) is 28.7. The first-order valence-electron chi connectivity index (χ1n) is 12.6. The molecule has 1 aliphatic rings. The molecule has 1 saturated carbocycles. The van der Waals surface area contributed by atoms with E-state index >= 15 is 0 Å². The van der Waals surface area contributed by atoms with E-state index in [1.807, 2.05) is 12.1 Å². The third-order valence-electron chi connectivity index (χ3n) is 7.01. The Bertz CT molecular complexity index is 1280. The van der Waals surface area contributed by atoms with Gasteiger partial charge in [0.15, 0.2) is 23.2 Å². The van der Waals surface area contributed by atoms with Crippen molar-refractivity contribution in [2.24, 2.45) is 5.92 Å². The fourth-order valence-electron chi connectivity index (χ4n) is 5.08. The van der Waals surface area contributed by atoms with E-state index in [4.69, 9.17) is 0 Å². The van der Waals surface area contributed by atoms with Crippen molar-refractivity contribution in [3.05, 3.63) is 83.2 Å². The zero-order valence-corrected chi connectivity index (χ0v) is 20.9. The van der Waals surface area contributed by atoms with E-state index in [1.54, 1.807) is 12.1 Å². The van der Waals surface area contributed by atoms with E-state index in [0.29, 0.717) is 29.7 Å². The molecule has 0 saturated heterocycles. The molecule has 210 valence electrons. The Balaban J connectivity index is 1.49. The second kappa shape index (κ2) is 11.4. The standard InChI is InChI=1S/C29H26F8O2/c1-2-3-17-4-6-18(7-5-17)19-8-10-20(11-9-19)22-13-14-23(27(32)26(22)31)28(33,34)38-21-12-15-25(24(30)16-21)39-29(35,36)37/h8-18H,2-7H2,1H3. The highest BCUT2D eigenvalue weighted by Crippen LogP contribution is 2.40. The van der Waals surface area contributed by atoms with Gasteiger partial charge in [-0.25, -0.2) is 13.2 Å². The van der Waals surface area contributed by atoms with Crippen molar-refractivity contribution in [3.63, 3.8) is 0 Å². The molecule has 39 heavy (non-hydrogen) atoms. The lowest BCUT2D eigenvalue weighted by Crippen LogP contribution is -2.24. The minimum atomic E-state index is -5.20. The topological polar surface area (TPSA) is 18.5 Å². The molecule has 3 aromatic carbocycles. The SMILES string of the molecule is CCCC1CCC(c2ccc(-c3ccc(C(F)(F)Oc4ccc(OC(F)(F)F)c(F)c4)c(F)c3F)cc2)CC1. The molecule has 0 amide bonds. The summed E-state index contributed by atoms with van der Waals surface area (Å²) in [5.74, 6) is -6.10. The summed E-state index contributed by atoms with van der Waals surface area (Å²) in [6.45, 7) is 2.17. The van der Waals surface area contributed by atoms with Crippen LogP contribution in [0.5, 0.6) is 11.5 Å². The minimum Gasteiger partial charge on any atom is -0.429 e. The Kier molecular flexibility index (Phi) is 8.42. The maximum absolute atomic E-state index is 14.9. The zero-order chi connectivity index (χ0) is 28.4. The van der Waals surface area contributed by atoms with E-state index in [9.17, 15) is 35.1 Å². The molecule has 0 atom stereocenters. The van der Waals surface area contributed by atoms with Crippen LogP contribution in [-0.2, 0) is 6.11 Å². The molecule has 1 aliphatic carbocycles. The van der Waals surface area contributed by atoms with E-state index in [1.165, 1.54) is 6.42 Å². The fourth-order valence-corrected chi connectivity index (χ4v) is 5.08. The van der Waals surface area contributed by atoms with E-state index < -0.39 is 47.0 Å². The average Bonchev–Trinajstić information content (AvgIpc) is 2.87. The summed E-state index contributed by atoms with van der Waals surface area (Å²) in [6, 6.07) is 9.77. The third kappa shape index (κ3) is 6.83. The second-order valence-electron chi connectivity index (χ2n) is 9.68. The predicted molar refractivity (Wildman–Crippen MR) is 129 cm³/mol. The van der Waals surface area contributed by atoms with E-state index in [2.05, 4.69) is 16.4 Å². The van der Waals surface area contributed by atoms with Crippen molar-refractivity contribution in [2.45, 2.75) is 63.8 Å². The van der Waals surface area contributed by atoms with Gasteiger partial charge in [0.05, 0.1) is 0 Å². The lowest BCUT2D eigenvalue weighted by molar-refractivity contribution is -0.275. The normalized spacial score (nSPS) is 18.2. The number of benzene rings is 3. The summed E-state index contributed by atoms with van der Waals surface area (Å²) < 4.78 is 118. The van der Waals surface area contributed by atoms with Gasteiger partial charge in [-0.2, -0.15) is 8.78 Å². The minimum absolute atomic E-state index is 0.218. The fraction of sp³-hybridized carbons (Fsp3) is 0.379. The summed E-state index contributed by atoms with van der Waals surface area (Å²) in [7, 11) is 0. The quantitative estimate of drug-likeness (QED) is 0.256. The highest BCUT2D eigenvalue weighted by atomic mass is 19.4. The smallest absolute Gasteiger partial charge is 0.429 e. The van der Waals surface area contributed by atoms with Gasteiger partial charge in [0.25, 0.3) is 0 Å². The van der Waals surface area contributed by atoms with Crippen LogP contribution in [0.15, 0.2) is 54.6 Å². The maximum Gasteiger partial charge on any atom is 0.573 e. The Morgan fingerprint density at radius 2 is 1.44 bits per heavy atom. The van der Waals surface area contributed by atoms with Gasteiger partial charge in [-0.1, -0.05) is 50.1 Å². The molecular formula is C29H26F8O2. The van der Waals surface area contributed by atoms with Gasteiger partial charge < -0.3 is 9.47 Å². The van der Waals surface area contributed by atoms with Crippen molar-refractivity contribution >= 4 is 0 Å². The molecule has 0 radical (unpaired) electrons. The van der Waals surface area contributed by atoms with Crippen LogP contribution in [0.25, 0.3) is 11.1 Å². The molecule has 0 N–H and O–H groups in total. The van der Waals surface area contributed by atoms with Gasteiger partial charge in [0, 0.05) is 11.6 Å². The highest BCUT2D eigenvalue weighted by Gasteiger charge is 2.40. The number of alkyl halides is 5. The number of hydrogen-bond donors (Lipinski definition) is 0. The highest BCUT2D eigenvalue weighted by molar-refractivity contribution is 5.65. The number of rotatable bonds is 8. The number of halogens is 8. The molecule has 0 bridgehead atoms. The van der Waals surface area contributed by atoms with Crippen LogP contribution in [0, 0.1) is 23.4 Å². The summed E-state index contributed by atoms with van der Waals surface area (Å²) in [5, 5.41) is 0. The molecule has 2 nitrogen and oxygen atoms in total. The Morgan fingerprint density at radius 3 is 2.03 bits per heavy atom. The average molecular weight is 559 g/mol. The van der Waals surface area contributed by atoms with Crippen molar-refractivity contribution in [1.29, 1.82) is 0 Å². The molecule has 0 aliphatic heterocycles. The summed E-state index contributed by atoms with van der Waals surface area (Å²) in [4.78, 5) is 0. The zero-order valence-electron chi connectivity index (χ0n) is 20.9. The Labute approximate surface area is 220 Å². The summed E-state index contributed by atoms with van der Waals surface area (Å²) in [5.41, 5.74) is -0.303. The lowest BCUT2D eigenvalue weighted by Gasteiger charge is -2.28. The molecular weight excluding hydrogens is 532 g/mol. The summed E-state index contributed by atoms with van der Waals surface area (Å²) >= 11 is 0. The molecule has 0 unspecified atom stereocenters. The van der Waals surface area contributed by atoms with Crippen molar-refractivity contribution in [3.8, 4) is 22.6 Å². The van der Waals surface area contributed by atoms with E-state index in [0.717, 1.165) is 49.7 Å². The van der Waals surface area contributed by atoms with Crippen molar-refractivity contribution < 1.29 is 44.6 Å². The molecule has 0 aromatic heterocycles. The monoisotopic (exact) mass is 558 g/mol. The Hall–Kier alpha value is -3.30. The van der Waals surface area contributed by atoms with Crippen LogP contribution >= 0.6 is 0 Å². The molecule has 0 spiro atoms. The van der Waals surface area contributed by atoms with Crippen LogP contribution in [0.1, 0.15) is 62.5 Å². The Morgan fingerprint density at radius 1 is 0.769 bits per heavy atom. The van der Waals surface area contributed by atoms with Crippen LogP contribution in [0.3, 0.4) is 0 Å². The van der Waals surface area contributed by atoms with Crippen molar-refractivity contribution in [2.75, 3.05) is 0 Å². The van der Waals surface area contributed by atoms with Crippen LogP contribution in [-0.4, -0.2) is 6.36 Å². The number of ether oxygens (including phenoxy) is 2. The third-order valence-corrected chi connectivity index (χ3v) is 7.01. The van der Waals surface area contributed by atoms with Crippen LogP contribution in [0.2, 0.25) is 0 Å². The van der Waals surface area contributed by atoms with Gasteiger partial charge in [0.2, 0.25) is 0 Å². The molecule has 1 fully saturated rings. The second-order valence-corrected chi connectivity index (χ2v) is 9.68. The molecule has 4 rings (SSSR count). The van der Waals surface area contributed by atoms with E-state index in [-0.39, 0.29) is 11.6 Å². The van der Waals surface area contributed by atoms with Crippen LogP contribution < -0.4 is 9.47 Å².